The zero-order chi connectivity index (χ0) is 15.9. The van der Waals surface area contributed by atoms with Gasteiger partial charge in [0.15, 0.2) is 0 Å². The summed E-state index contributed by atoms with van der Waals surface area (Å²) < 4.78 is 13.6. The topological polar surface area (TPSA) is 29.1 Å². The molecule has 2 aromatic rings. The number of amides is 1. The van der Waals surface area contributed by atoms with Gasteiger partial charge in [-0.05, 0) is 17.5 Å². The molecule has 0 saturated heterocycles. The lowest BCUT2D eigenvalue weighted by molar-refractivity contribution is -0.123. The number of hydrogen-bond acceptors (Lipinski definition) is 1. The zero-order valence-electron chi connectivity index (χ0n) is 13.1. The maximum Gasteiger partial charge on any atom is 0.228 e. The van der Waals surface area contributed by atoms with E-state index < -0.39 is 0 Å². The summed E-state index contributed by atoms with van der Waals surface area (Å²) in [6, 6.07) is 16.3. The van der Waals surface area contributed by atoms with Gasteiger partial charge < -0.3 is 5.32 Å². The number of rotatable bonds is 6. The first kappa shape index (κ1) is 16.2. The molecule has 1 N–H and O–H groups in total. The van der Waals surface area contributed by atoms with Crippen molar-refractivity contribution in [1.29, 1.82) is 0 Å². The number of halogens is 1. The molecule has 0 spiro atoms. The average molecular weight is 299 g/mol. The third kappa shape index (κ3) is 3.94. The lowest BCUT2D eigenvalue weighted by Gasteiger charge is -2.23. The van der Waals surface area contributed by atoms with Gasteiger partial charge in [-0.1, -0.05) is 68.8 Å². The van der Waals surface area contributed by atoms with E-state index in [4.69, 9.17) is 0 Å². The van der Waals surface area contributed by atoms with Crippen molar-refractivity contribution in [3.63, 3.8) is 0 Å². The van der Waals surface area contributed by atoms with Crippen LogP contribution in [0.5, 0.6) is 0 Å². The quantitative estimate of drug-likeness (QED) is 0.848. The lowest BCUT2D eigenvalue weighted by Crippen LogP contribution is -2.32. The first-order valence-electron chi connectivity index (χ1n) is 7.69. The van der Waals surface area contributed by atoms with Crippen molar-refractivity contribution >= 4 is 5.91 Å². The van der Waals surface area contributed by atoms with Crippen LogP contribution in [0, 0.1) is 11.7 Å². The smallest absolute Gasteiger partial charge is 0.228 e. The van der Waals surface area contributed by atoms with Crippen LogP contribution in [0.25, 0.3) is 0 Å². The Morgan fingerprint density at radius 1 is 1.09 bits per heavy atom. The first-order valence-corrected chi connectivity index (χ1v) is 7.69. The molecule has 3 heteroatoms. The predicted octanol–water partition coefficient (Wildman–Crippen LogP) is 4.27. The van der Waals surface area contributed by atoms with Crippen LogP contribution in [-0.4, -0.2) is 5.91 Å². The van der Waals surface area contributed by atoms with E-state index in [0.717, 1.165) is 12.0 Å². The highest BCUT2D eigenvalue weighted by atomic mass is 19.1. The van der Waals surface area contributed by atoms with Crippen LogP contribution in [0.1, 0.15) is 37.3 Å². The maximum atomic E-state index is 13.6. The number of carbonyl (C=O) groups is 1. The molecule has 0 fully saturated rings. The molecular weight excluding hydrogens is 277 g/mol. The standard InChI is InChI=1S/C19H22FNO/c1-3-14(2)18(15-9-5-4-6-10-15)19(22)21-13-16-11-7-8-12-17(16)20/h4-12,14,18H,3,13H2,1-2H3,(H,21,22)/t14-,18+/m0/s1. The Balaban J connectivity index is 2.11. The Bertz CT molecular complexity index is 612. The number of nitrogens with one attached hydrogen (secondary N) is 1. The Hall–Kier alpha value is -2.16. The number of hydrogen-bond donors (Lipinski definition) is 1. The highest BCUT2D eigenvalue weighted by molar-refractivity contribution is 5.83. The molecule has 0 aromatic heterocycles. The van der Waals surface area contributed by atoms with Gasteiger partial charge >= 0.3 is 0 Å². The van der Waals surface area contributed by atoms with Crippen molar-refractivity contribution < 1.29 is 9.18 Å². The van der Waals surface area contributed by atoms with Gasteiger partial charge in [0.1, 0.15) is 5.82 Å². The van der Waals surface area contributed by atoms with E-state index in [9.17, 15) is 9.18 Å². The van der Waals surface area contributed by atoms with Crippen LogP contribution >= 0.6 is 0 Å². The summed E-state index contributed by atoms with van der Waals surface area (Å²) in [5.74, 6) is -0.326. The van der Waals surface area contributed by atoms with Crippen LogP contribution in [0.2, 0.25) is 0 Å². The van der Waals surface area contributed by atoms with E-state index in [1.165, 1.54) is 6.07 Å². The highest BCUT2D eigenvalue weighted by Crippen LogP contribution is 2.27. The molecule has 2 atom stereocenters. The molecule has 2 nitrogen and oxygen atoms in total. The summed E-state index contributed by atoms with van der Waals surface area (Å²) in [7, 11) is 0. The zero-order valence-corrected chi connectivity index (χ0v) is 13.1. The summed E-state index contributed by atoms with van der Waals surface area (Å²) in [6.07, 6.45) is 0.909. The second kappa shape index (κ2) is 7.74. The minimum atomic E-state index is -0.289. The minimum Gasteiger partial charge on any atom is -0.351 e. The summed E-state index contributed by atoms with van der Waals surface area (Å²) in [4.78, 5) is 12.6. The molecule has 0 heterocycles. The van der Waals surface area contributed by atoms with Crippen molar-refractivity contribution in [2.75, 3.05) is 0 Å². The van der Waals surface area contributed by atoms with E-state index in [0.29, 0.717) is 5.56 Å². The Morgan fingerprint density at radius 2 is 1.73 bits per heavy atom. The van der Waals surface area contributed by atoms with Crippen LogP contribution in [0.15, 0.2) is 54.6 Å². The van der Waals surface area contributed by atoms with Gasteiger partial charge in [0.25, 0.3) is 0 Å². The minimum absolute atomic E-state index is 0.0520. The first-order chi connectivity index (χ1) is 10.6. The van der Waals surface area contributed by atoms with Gasteiger partial charge in [0.05, 0.1) is 5.92 Å². The van der Waals surface area contributed by atoms with Crippen molar-refractivity contribution in [2.45, 2.75) is 32.7 Å². The Kier molecular flexibility index (Phi) is 5.70. The third-order valence-electron chi connectivity index (χ3n) is 4.07. The van der Waals surface area contributed by atoms with Crippen molar-refractivity contribution in [2.24, 2.45) is 5.92 Å². The molecule has 2 rings (SSSR count). The maximum absolute atomic E-state index is 13.6. The van der Waals surface area contributed by atoms with E-state index in [-0.39, 0.29) is 30.1 Å². The van der Waals surface area contributed by atoms with Gasteiger partial charge in [0, 0.05) is 12.1 Å². The molecule has 0 radical (unpaired) electrons. The Labute approximate surface area is 131 Å². The monoisotopic (exact) mass is 299 g/mol. The van der Waals surface area contributed by atoms with Crippen LogP contribution in [-0.2, 0) is 11.3 Å². The molecule has 0 aliphatic rings. The van der Waals surface area contributed by atoms with Gasteiger partial charge in [0.2, 0.25) is 5.91 Å². The molecule has 0 bridgehead atoms. The summed E-state index contributed by atoms with van der Waals surface area (Å²) >= 11 is 0. The molecule has 0 unspecified atom stereocenters. The molecule has 0 aliphatic heterocycles. The van der Waals surface area contributed by atoms with Gasteiger partial charge in [-0.3, -0.25) is 4.79 Å². The number of benzene rings is 2. The molecule has 0 aliphatic carbocycles. The second-order valence-electron chi connectivity index (χ2n) is 5.58. The molecule has 22 heavy (non-hydrogen) atoms. The normalized spacial score (nSPS) is 13.4. The molecule has 116 valence electrons. The second-order valence-corrected chi connectivity index (χ2v) is 5.58. The fraction of sp³-hybridized carbons (Fsp3) is 0.316. The molecular formula is C19H22FNO. The van der Waals surface area contributed by atoms with Gasteiger partial charge in [-0.25, -0.2) is 4.39 Å². The molecule has 2 aromatic carbocycles. The summed E-state index contributed by atoms with van der Waals surface area (Å²) in [5.41, 5.74) is 1.51. The van der Waals surface area contributed by atoms with E-state index in [2.05, 4.69) is 19.2 Å². The summed E-state index contributed by atoms with van der Waals surface area (Å²) in [5, 5.41) is 2.87. The summed E-state index contributed by atoms with van der Waals surface area (Å²) in [6.45, 7) is 4.36. The van der Waals surface area contributed by atoms with E-state index in [1.54, 1.807) is 18.2 Å². The van der Waals surface area contributed by atoms with Crippen molar-refractivity contribution in [3.05, 3.63) is 71.5 Å². The predicted molar refractivity (Wildman–Crippen MR) is 86.9 cm³/mol. The van der Waals surface area contributed by atoms with Crippen molar-refractivity contribution in [3.8, 4) is 0 Å². The van der Waals surface area contributed by atoms with Crippen LogP contribution in [0.4, 0.5) is 4.39 Å². The molecule has 0 saturated carbocycles. The van der Waals surface area contributed by atoms with E-state index >= 15 is 0 Å². The van der Waals surface area contributed by atoms with Crippen LogP contribution < -0.4 is 5.32 Å². The highest BCUT2D eigenvalue weighted by Gasteiger charge is 2.25. The fourth-order valence-electron chi connectivity index (χ4n) is 2.57. The van der Waals surface area contributed by atoms with Crippen LogP contribution in [0.3, 0.4) is 0 Å². The lowest BCUT2D eigenvalue weighted by atomic mass is 9.85. The van der Waals surface area contributed by atoms with E-state index in [1.807, 2.05) is 30.3 Å². The van der Waals surface area contributed by atoms with Gasteiger partial charge in [-0.2, -0.15) is 0 Å². The molecule has 1 amide bonds. The third-order valence-corrected chi connectivity index (χ3v) is 4.07. The van der Waals surface area contributed by atoms with Gasteiger partial charge in [-0.15, -0.1) is 0 Å². The average Bonchev–Trinajstić information content (AvgIpc) is 2.55. The largest absolute Gasteiger partial charge is 0.351 e. The van der Waals surface area contributed by atoms with Crippen molar-refractivity contribution in [1.82, 2.24) is 5.32 Å². The SMILES string of the molecule is CC[C@H](C)[C@@H](C(=O)NCc1ccccc1F)c1ccccc1. The number of carbonyl (C=O) groups excluding carboxylic acids is 1. The fourth-order valence-corrected chi connectivity index (χ4v) is 2.57. The Morgan fingerprint density at radius 3 is 2.36 bits per heavy atom.